The SMILES string of the molecule is CCC(C)(OP(OC(C)C)OC(C)C)C(Cl)(Cl)Cl. The molecule has 0 amide bonds. The second-order valence-corrected chi connectivity index (χ2v) is 8.04. The lowest BCUT2D eigenvalue weighted by Gasteiger charge is -2.37. The minimum atomic E-state index is -1.55. The molecule has 0 radical (unpaired) electrons. The Kier molecular flexibility index (Phi) is 8.34. The maximum atomic E-state index is 5.96. The van der Waals surface area contributed by atoms with Gasteiger partial charge in [-0.05, 0) is 41.0 Å². The van der Waals surface area contributed by atoms with E-state index in [9.17, 15) is 0 Å². The number of rotatable bonds is 7. The molecule has 3 nitrogen and oxygen atoms in total. The van der Waals surface area contributed by atoms with Crippen LogP contribution in [-0.2, 0) is 13.6 Å². The Morgan fingerprint density at radius 2 is 1.39 bits per heavy atom. The van der Waals surface area contributed by atoms with Gasteiger partial charge in [-0.15, -0.1) is 0 Å². The average molecular weight is 340 g/mol. The first kappa shape index (κ1) is 19.2. The van der Waals surface area contributed by atoms with Gasteiger partial charge in [0, 0.05) is 0 Å². The summed E-state index contributed by atoms with van der Waals surface area (Å²) in [5.74, 6) is 0. The standard InChI is InChI=1S/C11H22Cl3O3P/c1-7-10(6,11(12,13)14)17-18(15-8(2)3)16-9(4)5/h8-9H,7H2,1-6H3. The molecule has 0 spiro atoms. The Balaban J connectivity index is 4.82. The molecule has 0 saturated heterocycles. The first-order chi connectivity index (χ1) is 8.01. The predicted molar refractivity (Wildman–Crippen MR) is 79.4 cm³/mol. The van der Waals surface area contributed by atoms with Gasteiger partial charge in [0.25, 0.3) is 0 Å². The Morgan fingerprint density at radius 3 is 1.61 bits per heavy atom. The van der Waals surface area contributed by atoms with Crippen LogP contribution in [-0.4, -0.2) is 21.6 Å². The largest absolute Gasteiger partial charge is 0.333 e. The van der Waals surface area contributed by atoms with E-state index in [4.69, 9.17) is 48.4 Å². The molecule has 0 aromatic heterocycles. The van der Waals surface area contributed by atoms with Crippen molar-refractivity contribution in [2.45, 2.75) is 69.6 Å². The smallest absolute Gasteiger partial charge is 0.309 e. The van der Waals surface area contributed by atoms with Gasteiger partial charge >= 0.3 is 8.60 Å². The third-order valence-corrected chi connectivity index (χ3v) is 5.08. The van der Waals surface area contributed by atoms with E-state index in [2.05, 4.69) is 0 Å². The summed E-state index contributed by atoms with van der Waals surface area (Å²) in [5, 5.41) is 0. The van der Waals surface area contributed by atoms with Crippen molar-refractivity contribution >= 4 is 43.4 Å². The Hall–Kier alpha value is 1.18. The van der Waals surface area contributed by atoms with Crippen molar-refractivity contribution in [1.29, 1.82) is 0 Å². The molecule has 7 heteroatoms. The number of hydrogen-bond acceptors (Lipinski definition) is 3. The van der Waals surface area contributed by atoms with Crippen molar-refractivity contribution in [3.63, 3.8) is 0 Å². The molecule has 1 atom stereocenters. The van der Waals surface area contributed by atoms with Crippen molar-refractivity contribution in [1.82, 2.24) is 0 Å². The summed E-state index contributed by atoms with van der Waals surface area (Å²) in [5.41, 5.74) is -0.951. The fraction of sp³-hybridized carbons (Fsp3) is 1.00. The van der Waals surface area contributed by atoms with Crippen LogP contribution in [0.2, 0.25) is 0 Å². The third kappa shape index (κ3) is 6.56. The third-order valence-electron chi connectivity index (χ3n) is 2.14. The minimum Gasteiger partial charge on any atom is -0.309 e. The molecule has 0 bridgehead atoms. The van der Waals surface area contributed by atoms with E-state index in [-0.39, 0.29) is 12.2 Å². The summed E-state index contributed by atoms with van der Waals surface area (Å²) in [6.07, 6.45) is 0.489. The monoisotopic (exact) mass is 338 g/mol. The lowest BCUT2D eigenvalue weighted by atomic mass is 10.1. The van der Waals surface area contributed by atoms with E-state index in [1.165, 1.54) is 0 Å². The van der Waals surface area contributed by atoms with Crippen molar-refractivity contribution < 1.29 is 13.6 Å². The van der Waals surface area contributed by atoms with Gasteiger partial charge in [0.2, 0.25) is 3.79 Å². The van der Waals surface area contributed by atoms with Crippen molar-refractivity contribution in [3.05, 3.63) is 0 Å². The number of alkyl halides is 3. The maximum Gasteiger partial charge on any atom is 0.333 e. The molecular weight excluding hydrogens is 317 g/mol. The van der Waals surface area contributed by atoms with E-state index in [1.807, 2.05) is 34.6 Å². The highest BCUT2D eigenvalue weighted by Gasteiger charge is 2.47. The van der Waals surface area contributed by atoms with E-state index in [0.717, 1.165) is 0 Å². The second kappa shape index (κ2) is 7.83. The molecule has 0 rings (SSSR count). The molecule has 0 heterocycles. The van der Waals surface area contributed by atoms with Crippen LogP contribution >= 0.6 is 43.4 Å². The highest BCUT2D eigenvalue weighted by Crippen LogP contribution is 2.53. The molecule has 0 aliphatic carbocycles. The van der Waals surface area contributed by atoms with Gasteiger partial charge in [-0.1, -0.05) is 41.7 Å². The molecule has 0 fully saturated rings. The topological polar surface area (TPSA) is 27.7 Å². The van der Waals surface area contributed by atoms with Crippen LogP contribution in [0, 0.1) is 0 Å². The highest BCUT2D eigenvalue weighted by atomic mass is 35.6. The first-order valence-corrected chi connectivity index (χ1v) is 8.14. The average Bonchev–Trinajstić information content (AvgIpc) is 2.13. The molecule has 0 aliphatic heterocycles. The summed E-state index contributed by atoms with van der Waals surface area (Å²) in [6.45, 7) is 11.2. The summed E-state index contributed by atoms with van der Waals surface area (Å²) < 4.78 is 15.5. The summed E-state index contributed by atoms with van der Waals surface area (Å²) in [4.78, 5) is 0. The molecule has 0 N–H and O–H groups in total. The lowest BCUT2D eigenvalue weighted by Crippen LogP contribution is -2.41. The van der Waals surface area contributed by atoms with Crippen LogP contribution in [0.4, 0.5) is 0 Å². The molecule has 1 unspecified atom stereocenters. The van der Waals surface area contributed by atoms with Crippen LogP contribution in [0.5, 0.6) is 0 Å². The summed E-state index contributed by atoms with van der Waals surface area (Å²) in [6, 6.07) is 0. The van der Waals surface area contributed by atoms with Gasteiger partial charge < -0.3 is 13.6 Å². The van der Waals surface area contributed by atoms with Crippen LogP contribution < -0.4 is 0 Å². The quantitative estimate of drug-likeness (QED) is 0.445. The molecule has 0 aliphatic rings. The van der Waals surface area contributed by atoms with Crippen LogP contribution in [0.3, 0.4) is 0 Å². The number of halogens is 3. The van der Waals surface area contributed by atoms with Crippen molar-refractivity contribution in [2.24, 2.45) is 0 Å². The molecule has 0 aromatic carbocycles. The van der Waals surface area contributed by atoms with Crippen LogP contribution in [0.1, 0.15) is 48.0 Å². The van der Waals surface area contributed by atoms with E-state index >= 15 is 0 Å². The lowest BCUT2D eigenvalue weighted by molar-refractivity contribution is 0.0298. The van der Waals surface area contributed by atoms with Crippen molar-refractivity contribution in [2.75, 3.05) is 0 Å². The maximum absolute atomic E-state index is 5.96. The molecule has 110 valence electrons. The molecular formula is C11H22Cl3O3P. The first-order valence-electron chi connectivity index (χ1n) is 5.91. The van der Waals surface area contributed by atoms with Gasteiger partial charge in [0.15, 0.2) is 0 Å². The van der Waals surface area contributed by atoms with Gasteiger partial charge in [-0.2, -0.15) is 0 Å². The second-order valence-electron chi connectivity index (χ2n) is 4.71. The van der Waals surface area contributed by atoms with E-state index < -0.39 is 18.0 Å². The van der Waals surface area contributed by atoms with Gasteiger partial charge in [0.1, 0.15) is 5.60 Å². The zero-order valence-corrected chi connectivity index (χ0v) is 14.8. The zero-order valence-electron chi connectivity index (χ0n) is 11.7. The van der Waals surface area contributed by atoms with Crippen LogP contribution in [0.25, 0.3) is 0 Å². The molecule has 0 saturated carbocycles. The van der Waals surface area contributed by atoms with E-state index in [1.54, 1.807) is 6.92 Å². The molecule has 0 aromatic rings. The van der Waals surface area contributed by atoms with Gasteiger partial charge in [-0.25, -0.2) is 0 Å². The summed E-state index contributed by atoms with van der Waals surface area (Å²) in [7, 11) is -1.55. The fourth-order valence-corrected chi connectivity index (χ4v) is 2.99. The number of hydrogen-bond donors (Lipinski definition) is 0. The zero-order chi connectivity index (χ0) is 14.6. The Bertz CT molecular complexity index is 236. The summed E-state index contributed by atoms with van der Waals surface area (Å²) >= 11 is 17.9. The van der Waals surface area contributed by atoms with Crippen molar-refractivity contribution in [3.8, 4) is 0 Å². The minimum absolute atomic E-state index is 0.0219. The highest BCUT2D eigenvalue weighted by molar-refractivity contribution is 7.41. The van der Waals surface area contributed by atoms with Crippen LogP contribution in [0.15, 0.2) is 0 Å². The van der Waals surface area contributed by atoms with E-state index in [0.29, 0.717) is 6.42 Å². The van der Waals surface area contributed by atoms with Gasteiger partial charge in [-0.3, -0.25) is 0 Å². The normalized spacial score (nSPS) is 16.7. The van der Waals surface area contributed by atoms with Gasteiger partial charge in [0.05, 0.1) is 12.2 Å². The Morgan fingerprint density at radius 1 is 1.00 bits per heavy atom. The fourth-order valence-electron chi connectivity index (χ4n) is 0.893. The molecule has 18 heavy (non-hydrogen) atoms. The Labute approximate surface area is 126 Å². The predicted octanol–water partition coefficient (Wildman–Crippen LogP) is 5.62.